The summed E-state index contributed by atoms with van der Waals surface area (Å²) in [5, 5.41) is 3.41. The van der Waals surface area contributed by atoms with Crippen LogP contribution in [0.4, 0.5) is 5.69 Å². The number of nitrogens with one attached hydrogen (secondary N) is 1. The molecule has 108 valence electrons. The molecule has 3 nitrogen and oxygen atoms in total. The van der Waals surface area contributed by atoms with Gasteiger partial charge in [-0.15, -0.1) is 11.3 Å². The number of ether oxygens (including phenoxy) is 2. The molecule has 0 amide bonds. The van der Waals surface area contributed by atoms with E-state index in [0.717, 1.165) is 27.5 Å². The average molecular weight is 356 g/mol. The zero-order valence-corrected chi connectivity index (χ0v) is 14.0. The van der Waals surface area contributed by atoms with E-state index in [0.29, 0.717) is 13.2 Å². The number of anilines is 1. The van der Waals surface area contributed by atoms with Gasteiger partial charge < -0.3 is 14.8 Å². The highest BCUT2D eigenvalue weighted by Crippen LogP contribution is 2.31. The van der Waals surface area contributed by atoms with E-state index in [2.05, 4.69) is 33.4 Å². The molecule has 0 radical (unpaired) electrons. The molecule has 20 heavy (non-hydrogen) atoms. The Morgan fingerprint density at radius 3 is 2.55 bits per heavy atom. The van der Waals surface area contributed by atoms with Crippen LogP contribution in [0.25, 0.3) is 0 Å². The standard InChI is InChI=1S/C15H18BrNO2S/c1-3-18-11-5-7-14(19-4-2)13(9-11)17-10-12-6-8-15(16)20-12/h5-9,17H,3-4,10H2,1-2H3. The molecule has 0 bridgehead atoms. The molecule has 1 aromatic carbocycles. The zero-order valence-electron chi connectivity index (χ0n) is 11.6. The molecule has 1 aromatic heterocycles. The molecule has 0 aliphatic rings. The van der Waals surface area contributed by atoms with E-state index in [1.165, 1.54) is 4.88 Å². The topological polar surface area (TPSA) is 30.5 Å². The number of hydrogen-bond acceptors (Lipinski definition) is 4. The van der Waals surface area contributed by atoms with Gasteiger partial charge in [-0.05, 0) is 54.0 Å². The van der Waals surface area contributed by atoms with Crippen LogP contribution in [0.3, 0.4) is 0 Å². The number of thiophene rings is 1. The molecule has 0 spiro atoms. The van der Waals surface area contributed by atoms with Crippen LogP contribution < -0.4 is 14.8 Å². The lowest BCUT2D eigenvalue weighted by Gasteiger charge is -2.13. The number of rotatable bonds is 7. The van der Waals surface area contributed by atoms with E-state index in [1.807, 2.05) is 32.0 Å². The van der Waals surface area contributed by atoms with Crippen molar-refractivity contribution in [1.82, 2.24) is 0 Å². The van der Waals surface area contributed by atoms with Crippen molar-refractivity contribution in [2.75, 3.05) is 18.5 Å². The molecular weight excluding hydrogens is 338 g/mol. The first-order valence-electron chi connectivity index (χ1n) is 6.60. The van der Waals surface area contributed by atoms with E-state index in [9.17, 15) is 0 Å². The Hall–Kier alpha value is -1.20. The normalized spacial score (nSPS) is 10.3. The van der Waals surface area contributed by atoms with Crippen molar-refractivity contribution in [3.05, 3.63) is 39.0 Å². The molecule has 5 heteroatoms. The van der Waals surface area contributed by atoms with Crippen LogP contribution in [0.15, 0.2) is 34.1 Å². The third kappa shape index (κ3) is 4.15. The molecule has 1 heterocycles. The minimum absolute atomic E-state index is 0.646. The highest BCUT2D eigenvalue weighted by molar-refractivity contribution is 9.11. The van der Waals surface area contributed by atoms with Crippen LogP contribution in [-0.2, 0) is 6.54 Å². The van der Waals surface area contributed by atoms with Gasteiger partial charge in [-0.3, -0.25) is 0 Å². The SMILES string of the molecule is CCOc1ccc(OCC)c(NCc2ccc(Br)s2)c1. The predicted molar refractivity (Wildman–Crippen MR) is 88.1 cm³/mol. The van der Waals surface area contributed by atoms with Gasteiger partial charge in [-0.1, -0.05) is 0 Å². The maximum atomic E-state index is 5.64. The lowest BCUT2D eigenvalue weighted by Crippen LogP contribution is -2.02. The number of hydrogen-bond donors (Lipinski definition) is 1. The Morgan fingerprint density at radius 2 is 1.90 bits per heavy atom. The van der Waals surface area contributed by atoms with Crippen LogP contribution in [0.5, 0.6) is 11.5 Å². The largest absolute Gasteiger partial charge is 0.494 e. The van der Waals surface area contributed by atoms with Gasteiger partial charge in [0.25, 0.3) is 0 Å². The fraction of sp³-hybridized carbons (Fsp3) is 0.333. The Morgan fingerprint density at radius 1 is 1.10 bits per heavy atom. The first-order valence-corrected chi connectivity index (χ1v) is 8.21. The average Bonchev–Trinajstić information content (AvgIpc) is 2.85. The summed E-state index contributed by atoms with van der Waals surface area (Å²) in [4.78, 5) is 1.26. The van der Waals surface area contributed by atoms with Crippen LogP contribution in [0.1, 0.15) is 18.7 Å². The summed E-state index contributed by atoms with van der Waals surface area (Å²) < 4.78 is 12.3. The lowest BCUT2D eigenvalue weighted by molar-refractivity contribution is 0.332. The van der Waals surface area contributed by atoms with E-state index in [-0.39, 0.29) is 0 Å². The molecule has 0 saturated heterocycles. The highest BCUT2D eigenvalue weighted by Gasteiger charge is 2.06. The molecule has 0 unspecified atom stereocenters. The lowest BCUT2D eigenvalue weighted by atomic mass is 10.2. The maximum Gasteiger partial charge on any atom is 0.142 e. The Bertz CT molecular complexity index is 557. The van der Waals surface area contributed by atoms with Crippen molar-refractivity contribution >= 4 is 33.0 Å². The summed E-state index contributed by atoms with van der Waals surface area (Å²) in [6, 6.07) is 10.0. The summed E-state index contributed by atoms with van der Waals surface area (Å²) in [7, 11) is 0. The van der Waals surface area contributed by atoms with Gasteiger partial charge in [0.1, 0.15) is 11.5 Å². The van der Waals surface area contributed by atoms with Crippen molar-refractivity contribution in [3.8, 4) is 11.5 Å². The van der Waals surface area contributed by atoms with Gasteiger partial charge >= 0.3 is 0 Å². The Balaban J connectivity index is 2.11. The molecule has 0 saturated carbocycles. The van der Waals surface area contributed by atoms with Gasteiger partial charge in [0.05, 0.1) is 22.7 Å². The third-order valence-corrected chi connectivity index (χ3v) is 4.27. The summed E-state index contributed by atoms with van der Waals surface area (Å²) in [5.41, 5.74) is 0.960. The maximum absolute atomic E-state index is 5.64. The van der Waals surface area contributed by atoms with Crippen LogP contribution in [-0.4, -0.2) is 13.2 Å². The van der Waals surface area contributed by atoms with E-state index < -0.39 is 0 Å². The van der Waals surface area contributed by atoms with Gasteiger partial charge in [0.15, 0.2) is 0 Å². The van der Waals surface area contributed by atoms with E-state index >= 15 is 0 Å². The number of benzene rings is 1. The smallest absolute Gasteiger partial charge is 0.142 e. The van der Waals surface area contributed by atoms with Gasteiger partial charge in [0.2, 0.25) is 0 Å². The Kier molecular flexibility index (Phi) is 5.73. The summed E-state index contributed by atoms with van der Waals surface area (Å²) in [6.07, 6.45) is 0. The number of halogens is 1. The summed E-state index contributed by atoms with van der Waals surface area (Å²) in [6.45, 7) is 6.04. The fourth-order valence-electron chi connectivity index (χ4n) is 1.81. The molecule has 2 rings (SSSR count). The Labute approximate surface area is 132 Å². The van der Waals surface area contributed by atoms with Gasteiger partial charge in [-0.2, -0.15) is 0 Å². The van der Waals surface area contributed by atoms with Crippen LogP contribution >= 0.6 is 27.3 Å². The summed E-state index contributed by atoms with van der Waals surface area (Å²) >= 11 is 5.20. The summed E-state index contributed by atoms with van der Waals surface area (Å²) in [5.74, 6) is 1.71. The zero-order chi connectivity index (χ0) is 14.4. The van der Waals surface area contributed by atoms with Crippen molar-refractivity contribution in [1.29, 1.82) is 0 Å². The first kappa shape index (κ1) is 15.2. The fourth-order valence-corrected chi connectivity index (χ4v) is 3.24. The predicted octanol–water partition coefficient (Wildman–Crippen LogP) is 4.92. The second-order valence-electron chi connectivity index (χ2n) is 4.08. The first-order chi connectivity index (χ1) is 9.72. The van der Waals surface area contributed by atoms with Gasteiger partial charge in [-0.25, -0.2) is 0 Å². The van der Waals surface area contributed by atoms with E-state index in [1.54, 1.807) is 11.3 Å². The minimum atomic E-state index is 0.646. The second kappa shape index (κ2) is 7.55. The van der Waals surface area contributed by atoms with E-state index in [4.69, 9.17) is 9.47 Å². The van der Waals surface area contributed by atoms with Crippen molar-refractivity contribution in [3.63, 3.8) is 0 Å². The second-order valence-corrected chi connectivity index (χ2v) is 6.63. The molecule has 1 N–H and O–H groups in total. The van der Waals surface area contributed by atoms with Gasteiger partial charge in [0, 0.05) is 17.5 Å². The highest BCUT2D eigenvalue weighted by atomic mass is 79.9. The van der Waals surface area contributed by atoms with Crippen molar-refractivity contribution in [2.45, 2.75) is 20.4 Å². The molecule has 2 aromatic rings. The van der Waals surface area contributed by atoms with Crippen molar-refractivity contribution in [2.24, 2.45) is 0 Å². The quantitative estimate of drug-likeness (QED) is 0.764. The minimum Gasteiger partial charge on any atom is -0.494 e. The molecule has 0 fully saturated rings. The molecule has 0 aliphatic carbocycles. The van der Waals surface area contributed by atoms with Crippen LogP contribution in [0.2, 0.25) is 0 Å². The molecular formula is C15H18BrNO2S. The van der Waals surface area contributed by atoms with Crippen molar-refractivity contribution < 1.29 is 9.47 Å². The monoisotopic (exact) mass is 355 g/mol. The molecule has 0 atom stereocenters. The third-order valence-electron chi connectivity index (χ3n) is 2.64. The molecule has 0 aliphatic heterocycles. The van der Waals surface area contributed by atoms with Crippen LogP contribution in [0, 0.1) is 0 Å².